The fraction of sp³-hybridized carbons (Fsp3) is 0.400. The smallest absolute Gasteiger partial charge is 0.0800 e. The number of ether oxygens (including phenoxy) is 1. The van der Waals surface area contributed by atoms with Crippen LogP contribution >= 0.6 is 0 Å². The predicted octanol–water partition coefficient (Wildman–Crippen LogP) is 0.709. The summed E-state index contributed by atoms with van der Waals surface area (Å²) >= 11 is 0. The molecule has 0 unspecified atom stereocenters. The molecule has 0 N–H and O–H groups in total. The van der Waals surface area contributed by atoms with E-state index in [0.29, 0.717) is 11.8 Å². The lowest BCUT2D eigenvalue weighted by Crippen LogP contribution is -1.95. The third-order valence-electron chi connectivity index (χ3n) is 2.40. The van der Waals surface area contributed by atoms with Crippen LogP contribution in [0.1, 0.15) is 12.0 Å². The predicted molar refractivity (Wildman–Crippen MR) is 53.4 cm³/mol. The first-order valence-electron chi connectivity index (χ1n) is 4.55. The van der Waals surface area contributed by atoms with Crippen LogP contribution in [0.2, 0.25) is 0 Å². The van der Waals surface area contributed by atoms with Gasteiger partial charge in [0.15, 0.2) is 0 Å². The molecule has 1 nitrogen and oxygen atoms in total. The van der Waals surface area contributed by atoms with Crippen molar-refractivity contribution in [1.82, 2.24) is 0 Å². The fourth-order valence-corrected chi connectivity index (χ4v) is 2.17. The summed E-state index contributed by atoms with van der Waals surface area (Å²) in [7, 11) is 1.20. The van der Waals surface area contributed by atoms with E-state index in [1.54, 1.807) is 0 Å². The summed E-state index contributed by atoms with van der Waals surface area (Å²) in [5.74, 6) is 0. The highest BCUT2D eigenvalue weighted by atomic mass is 28.1. The van der Waals surface area contributed by atoms with Crippen molar-refractivity contribution < 1.29 is 4.74 Å². The Morgan fingerprint density at radius 1 is 1.25 bits per heavy atom. The van der Waals surface area contributed by atoms with Crippen LogP contribution in [-0.4, -0.2) is 22.1 Å². The third-order valence-corrected chi connectivity index (χ3v) is 3.41. The van der Waals surface area contributed by atoms with Gasteiger partial charge in [-0.3, -0.25) is 0 Å². The SMILES string of the molecule is [SiH3][C@H]1O[C@H]1CCc1ccccc1. The van der Waals surface area contributed by atoms with E-state index in [-0.39, 0.29) is 0 Å². The highest BCUT2D eigenvalue weighted by Gasteiger charge is 2.32. The molecule has 12 heavy (non-hydrogen) atoms. The minimum Gasteiger partial charge on any atom is -0.374 e. The van der Waals surface area contributed by atoms with E-state index in [1.165, 1.54) is 28.6 Å². The molecule has 1 heterocycles. The Balaban J connectivity index is 1.80. The van der Waals surface area contributed by atoms with E-state index in [2.05, 4.69) is 30.3 Å². The van der Waals surface area contributed by atoms with Gasteiger partial charge in [-0.25, -0.2) is 0 Å². The second kappa shape index (κ2) is 3.41. The van der Waals surface area contributed by atoms with E-state index in [1.807, 2.05) is 0 Å². The van der Waals surface area contributed by atoms with Crippen LogP contribution in [0.4, 0.5) is 0 Å². The molecular weight excluding hydrogens is 164 g/mol. The fourth-order valence-electron chi connectivity index (χ4n) is 1.49. The van der Waals surface area contributed by atoms with Crippen LogP contribution in [0, 0.1) is 0 Å². The van der Waals surface area contributed by atoms with Gasteiger partial charge in [0.1, 0.15) is 0 Å². The topological polar surface area (TPSA) is 12.5 Å². The van der Waals surface area contributed by atoms with Crippen LogP contribution in [0.5, 0.6) is 0 Å². The normalized spacial score (nSPS) is 27.3. The van der Waals surface area contributed by atoms with Gasteiger partial charge in [-0.2, -0.15) is 0 Å². The molecular formula is C10H14OSi. The molecule has 0 saturated carbocycles. The van der Waals surface area contributed by atoms with Gasteiger partial charge >= 0.3 is 0 Å². The Labute approximate surface area is 76.2 Å². The first-order chi connectivity index (χ1) is 5.86. The maximum atomic E-state index is 5.40. The van der Waals surface area contributed by atoms with Crippen molar-refractivity contribution in [2.45, 2.75) is 24.7 Å². The quantitative estimate of drug-likeness (QED) is 0.490. The van der Waals surface area contributed by atoms with E-state index in [0.717, 1.165) is 0 Å². The van der Waals surface area contributed by atoms with Crippen molar-refractivity contribution in [1.29, 1.82) is 0 Å². The lowest BCUT2D eigenvalue weighted by Gasteiger charge is -1.96. The van der Waals surface area contributed by atoms with Gasteiger partial charge in [-0.15, -0.1) is 0 Å². The van der Waals surface area contributed by atoms with Gasteiger partial charge in [0.2, 0.25) is 0 Å². The molecule has 1 aromatic carbocycles. The maximum absolute atomic E-state index is 5.40. The first kappa shape index (κ1) is 8.02. The first-order valence-corrected chi connectivity index (χ1v) is 5.71. The van der Waals surface area contributed by atoms with Crippen LogP contribution in [0.15, 0.2) is 30.3 Å². The maximum Gasteiger partial charge on any atom is 0.0800 e. The van der Waals surface area contributed by atoms with Gasteiger partial charge in [-0.05, 0) is 18.4 Å². The van der Waals surface area contributed by atoms with Crippen LogP contribution in [0.25, 0.3) is 0 Å². The van der Waals surface area contributed by atoms with Crippen LogP contribution in [-0.2, 0) is 11.2 Å². The highest BCUT2D eigenvalue weighted by molar-refractivity contribution is 6.13. The summed E-state index contributed by atoms with van der Waals surface area (Å²) in [6.45, 7) is 0. The number of epoxide rings is 1. The molecule has 2 heteroatoms. The minimum atomic E-state index is 0.594. The molecule has 2 rings (SSSR count). The lowest BCUT2D eigenvalue weighted by atomic mass is 10.1. The van der Waals surface area contributed by atoms with Gasteiger partial charge in [0.25, 0.3) is 0 Å². The van der Waals surface area contributed by atoms with E-state index < -0.39 is 0 Å². The summed E-state index contributed by atoms with van der Waals surface area (Å²) in [5, 5.41) is 0. The number of aryl methyl sites for hydroxylation is 1. The monoisotopic (exact) mass is 178 g/mol. The molecule has 1 aromatic rings. The van der Waals surface area contributed by atoms with Crippen molar-refractivity contribution in [3.05, 3.63) is 35.9 Å². The van der Waals surface area contributed by atoms with Crippen molar-refractivity contribution in [3.63, 3.8) is 0 Å². The van der Waals surface area contributed by atoms with Crippen molar-refractivity contribution in [2.75, 3.05) is 0 Å². The van der Waals surface area contributed by atoms with E-state index in [4.69, 9.17) is 4.74 Å². The Morgan fingerprint density at radius 2 is 1.92 bits per heavy atom. The van der Waals surface area contributed by atoms with Crippen LogP contribution in [0.3, 0.4) is 0 Å². The van der Waals surface area contributed by atoms with Crippen LogP contribution < -0.4 is 0 Å². The molecule has 1 saturated heterocycles. The molecule has 0 bridgehead atoms. The zero-order valence-electron chi connectivity index (χ0n) is 7.36. The summed E-state index contributed by atoms with van der Waals surface area (Å²) in [4.78, 5) is 0. The minimum absolute atomic E-state index is 0.594. The van der Waals surface area contributed by atoms with Crippen molar-refractivity contribution >= 4 is 10.2 Å². The average Bonchev–Trinajstić information content (AvgIpc) is 2.81. The zero-order chi connectivity index (χ0) is 8.39. The lowest BCUT2D eigenvalue weighted by molar-refractivity contribution is 0.388. The Kier molecular flexibility index (Phi) is 2.28. The van der Waals surface area contributed by atoms with Gasteiger partial charge in [0, 0.05) is 10.2 Å². The molecule has 1 aliphatic rings. The largest absolute Gasteiger partial charge is 0.374 e. The summed E-state index contributed by atoms with van der Waals surface area (Å²) in [5.41, 5.74) is 2.08. The molecule has 0 amide bonds. The zero-order valence-corrected chi connectivity index (χ0v) is 9.36. The second-order valence-electron chi connectivity index (χ2n) is 3.40. The number of rotatable bonds is 3. The Bertz CT molecular complexity index is 247. The van der Waals surface area contributed by atoms with E-state index >= 15 is 0 Å². The second-order valence-corrected chi connectivity index (χ2v) is 4.54. The highest BCUT2D eigenvalue weighted by Crippen LogP contribution is 2.23. The number of hydrogen-bond donors (Lipinski definition) is 0. The summed E-state index contributed by atoms with van der Waals surface area (Å²) in [6, 6.07) is 10.6. The molecule has 1 aliphatic heterocycles. The summed E-state index contributed by atoms with van der Waals surface area (Å²) < 4.78 is 5.40. The molecule has 0 aromatic heterocycles. The van der Waals surface area contributed by atoms with Crippen molar-refractivity contribution in [3.8, 4) is 0 Å². The molecule has 0 radical (unpaired) electrons. The summed E-state index contributed by atoms with van der Waals surface area (Å²) in [6.07, 6.45) is 2.97. The van der Waals surface area contributed by atoms with E-state index in [9.17, 15) is 0 Å². The van der Waals surface area contributed by atoms with Gasteiger partial charge in [0.05, 0.1) is 11.8 Å². The van der Waals surface area contributed by atoms with Gasteiger partial charge < -0.3 is 4.74 Å². The molecule has 0 aliphatic carbocycles. The Hall–Kier alpha value is -0.603. The molecule has 1 fully saturated rings. The van der Waals surface area contributed by atoms with Gasteiger partial charge in [-0.1, -0.05) is 30.3 Å². The van der Waals surface area contributed by atoms with Crippen molar-refractivity contribution in [2.24, 2.45) is 0 Å². The molecule has 2 atom stereocenters. The average molecular weight is 178 g/mol. The Morgan fingerprint density at radius 3 is 2.50 bits per heavy atom. The number of hydrogen-bond acceptors (Lipinski definition) is 1. The molecule has 64 valence electrons. The molecule has 0 spiro atoms. The third kappa shape index (κ3) is 1.96. The standard InChI is InChI=1S/C10H14OSi/c12-10-9(11-10)7-6-8-4-2-1-3-5-8/h1-5,9-10H,6-7H2,12H3/t9-,10+/m0/s1. The number of benzene rings is 1.